The topological polar surface area (TPSA) is 47.1 Å². The maximum Gasteiger partial charge on any atom is 0.201 e. The van der Waals surface area contributed by atoms with Crippen molar-refractivity contribution < 1.29 is 4.39 Å². The van der Waals surface area contributed by atoms with Crippen LogP contribution < -0.4 is 5.73 Å². The molecule has 6 heteroatoms. The number of hydrogen-bond acceptors (Lipinski definition) is 3. The standard InChI is InChI=1S/C15H22ClFN4/c1-10(2)20(3)6-4-5-7-21-14-9-12(17)11(16)8-13(14)19-15(21)18/h8-10H,4-7H2,1-3H3,(H2,18,19). The Morgan fingerprint density at radius 3 is 2.76 bits per heavy atom. The van der Waals surface area contributed by atoms with Crippen LogP contribution in [0.4, 0.5) is 10.3 Å². The highest BCUT2D eigenvalue weighted by Crippen LogP contribution is 2.25. The summed E-state index contributed by atoms with van der Waals surface area (Å²) in [6, 6.07) is 3.47. The van der Waals surface area contributed by atoms with E-state index in [2.05, 4.69) is 30.8 Å². The van der Waals surface area contributed by atoms with Gasteiger partial charge in [0.1, 0.15) is 5.82 Å². The predicted octanol–water partition coefficient (Wildman–Crippen LogP) is 3.53. The minimum atomic E-state index is -0.440. The first-order valence-electron chi connectivity index (χ1n) is 7.21. The average molecular weight is 313 g/mol. The highest BCUT2D eigenvalue weighted by molar-refractivity contribution is 6.31. The summed E-state index contributed by atoms with van der Waals surface area (Å²) >= 11 is 5.77. The maximum absolute atomic E-state index is 13.6. The molecule has 21 heavy (non-hydrogen) atoms. The number of fused-ring (bicyclic) bond motifs is 1. The number of unbranched alkanes of at least 4 members (excludes halogenated alkanes) is 1. The molecule has 0 unspecified atom stereocenters. The Labute approximate surface area is 129 Å². The van der Waals surface area contributed by atoms with Crippen molar-refractivity contribution in [2.24, 2.45) is 0 Å². The molecule has 2 rings (SSSR count). The van der Waals surface area contributed by atoms with Gasteiger partial charge in [-0.3, -0.25) is 0 Å². The van der Waals surface area contributed by atoms with E-state index in [4.69, 9.17) is 17.3 Å². The zero-order valence-corrected chi connectivity index (χ0v) is 13.5. The van der Waals surface area contributed by atoms with Crippen LogP contribution in [0.3, 0.4) is 0 Å². The molecule has 4 nitrogen and oxygen atoms in total. The molecule has 0 aliphatic carbocycles. The summed E-state index contributed by atoms with van der Waals surface area (Å²) in [6.45, 7) is 6.11. The first-order valence-corrected chi connectivity index (χ1v) is 7.59. The van der Waals surface area contributed by atoms with E-state index in [1.165, 1.54) is 12.1 Å². The number of aryl methyl sites for hydroxylation is 1. The second-order valence-corrected chi connectivity index (χ2v) is 6.07. The summed E-state index contributed by atoms with van der Waals surface area (Å²) in [5.74, 6) is -0.0336. The van der Waals surface area contributed by atoms with Crippen LogP contribution in [0.1, 0.15) is 26.7 Å². The van der Waals surface area contributed by atoms with Crippen LogP contribution in [0.2, 0.25) is 5.02 Å². The van der Waals surface area contributed by atoms with E-state index >= 15 is 0 Å². The lowest BCUT2D eigenvalue weighted by Gasteiger charge is -2.20. The Kier molecular flexibility index (Phi) is 5.06. The molecule has 0 saturated carbocycles. The van der Waals surface area contributed by atoms with E-state index in [9.17, 15) is 4.39 Å². The van der Waals surface area contributed by atoms with Gasteiger partial charge in [0.25, 0.3) is 0 Å². The van der Waals surface area contributed by atoms with Crippen LogP contribution in [-0.4, -0.2) is 34.1 Å². The molecule has 0 aliphatic rings. The number of halogens is 2. The largest absolute Gasteiger partial charge is 0.369 e. The van der Waals surface area contributed by atoms with E-state index in [-0.39, 0.29) is 5.02 Å². The molecule has 2 aromatic rings. The maximum atomic E-state index is 13.6. The number of anilines is 1. The first-order chi connectivity index (χ1) is 9.90. The number of aromatic nitrogens is 2. The van der Waals surface area contributed by atoms with E-state index in [1.807, 2.05) is 4.57 Å². The molecule has 116 valence electrons. The van der Waals surface area contributed by atoms with Gasteiger partial charge in [-0.1, -0.05) is 11.6 Å². The van der Waals surface area contributed by atoms with E-state index in [0.717, 1.165) is 25.9 Å². The monoisotopic (exact) mass is 312 g/mol. The van der Waals surface area contributed by atoms with Crippen LogP contribution in [0.5, 0.6) is 0 Å². The third-order valence-corrected chi connectivity index (χ3v) is 4.13. The van der Waals surface area contributed by atoms with Gasteiger partial charge in [0.2, 0.25) is 5.95 Å². The first kappa shape index (κ1) is 16.0. The lowest BCUT2D eigenvalue weighted by molar-refractivity contribution is 0.266. The number of hydrogen-bond donors (Lipinski definition) is 1. The number of nitrogen functional groups attached to an aromatic ring is 1. The zero-order valence-electron chi connectivity index (χ0n) is 12.7. The third kappa shape index (κ3) is 3.66. The smallest absolute Gasteiger partial charge is 0.201 e. The Balaban J connectivity index is 2.05. The normalized spacial score (nSPS) is 12.0. The lowest BCUT2D eigenvalue weighted by Crippen LogP contribution is -2.27. The Bertz CT molecular complexity index is 624. The van der Waals surface area contributed by atoms with Crippen molar-refractivity contribution in [3.05, 3.63) is 23.0 Å². The van der Waals surface area contributed by atoms with E-state index < -0.39 is 5.82 Å². The molecule has 0 aliphatic heterocycles. The van der Waals surface area contributed by atoms with Crippen LogP contribution in [0, 0.1) is 5.82 Å². The van der Waals surface area contributed by atoms with Gasteiger partial charge in [-0.2, -0.15) is 0 Å². The molecule has 0 bridgehead atoms. The molecule has 0 radical (unpaired) electrons. The summed E-state index contributed by atoms with van der Waals surface area (Å²) in [5.41, 5.74) is 7.26. The molecule has 0 saturated heterocycles. The zero-order chi connectivity index (χ0) is 15.6. The highest BCUT2D eigenvalue weighted by atomic mass is 35.5. The molecule has 0 amide bonds. The Morgan fingerprint density at radius 2 is 2.10 bits per heavy atom. The third-order valence-electron chi connectivity index (χ3n) is 3.84. The molecule has 0 atom stereocenters. The summed E-state index contributed by atoms with van der Waals surface area (Å²) in [6.07, 6.45) is 2.03. The van der Waals surface area contributed by atoms with Crippen molar-refractivity contribution in [3.63, 3.8) is 0 Å². The molecule has 1 aromatic carbocycles. The fourth-order valence-corrected chi connectivity index (χ4v) is 2.42. The molecule has 1 heterocycles. The van der Waals surface area contributed by atoms with Gasteiger partial charge in [0, 0.05) is 18.7 Å². The van der Waals surface area contributed by atoms with Gasteiger partial charge in [-0.05, 0) is 46.3 Å². The number of nitrogens with two attached hydrogens (primary N) is 1. The average Bonchev–Trinajstić information content (AvgIpc) is 2.70. The molecular formula is C15H22ClFN4. The minimum absolute atomic E-state index is 0.0747. The second-order valence-electron chi connectivity index (χ2n) is 5.66. The molecule has 2 N–H and O–H groups in total. The van der Waals surface area contributed by atoms with Crippen LogP contribution in [0.15, 0.2) is 12.1 Å². The minimum Gasteiger partial charge on any atom is -0.369 e. The van der Waals surface area contributed by atoms with Crippen molar-refractivity contribution in [1.82, 2.24) is 14.5 Å². The molecule has 1 aromatic heterocycles. The number of rotatable bonds is 6. The Morgan fingerprint density at radius 1 is 1.38 bits per heavy atom. The van der Waals surface area contributed by atoms with Gasteiger partial charge in [0.05, 0.1) is 16.1 Å². The summed E-state index contributed by atoms with van der Waals surface area (Å²) in [5, 5.41) is 0.0747. The molecular weight excluding hydrogens is 291 g/mol. The lowest BCUT2D eigenvalue weighted by atomic mass is 10.2. The van der Waals surface area contributed by atoms with Crippen LogP contribution in [-0.2, 0) is 6.54 Å². The van der Waals surface area contributed by atoms with Gasteiger partial charge in [-0.15, -0.1) is 0 Å². The van der Waals surface area contributed by atoms with Gasteiger partial charge in [0.15, 0.2) is 0 Å². The van der Waals surface area contributed by atoms with Crippen molar-refractivity contribution >= 4 is 28.6 Å². The number of nitrogens with zero attached hydrogens (tertiary/aromatic N) is 3. The quantitative estimate of drug-likeness (QED) is 0.830. The van der Waals surface area contributed by atoms with Crippen molar-refractivity contribution in [2.45, 2.75) is 39.3 Å². The van der Waals surface area contributed by atoms with E-state index in [0.29, 0.717) is 23.0 Å². The van der Waals surface area contributed by atoms with Gasteiger partial charge in [-0.25, -0.2) is 9.37 Å². The number of benzene rings is 1. The van der Waals surface area contributed by atoms with E-state index in [1.54, 1.807) is 0 Å². The van der Waals surface area contributed by atoms with Gasteiger partial charge < -0.3 is 15.2 Å². The van der Waals surface area contributed by atoms with Crippen LogP contribution in [0.25, 0.3) is 11.0 Å². The summed E-state index contributed by atoms with van der Waals surface area (Å²) in [7, 11) is 2.11. The van der Waals surface area contributed by atoms with Crippen molar-refractivity contribution in [2.75, 3.05) is 19.3 Å². The highest BCUT2D eigenvalue weighted by Gasteiger charge is 2.11. The summed E-state index contributed by atoms with van der Waals surface area (Å²) < 4.78 is 15.5. The SMILES string of the molecule is CC(C)N(C)CCCCn1c(N)nc2cc(Cl)c(F)cc21. The van der Waals surface area contributed by atoms with Crippen molar-refractivity contribution in [3.8, 4) is 0 Å². The fourth-order valence-electron chi connectivity index (χ4n) is 2.26. The van der Waals surface area contributed by atoms with Crippen molar-refractivity contribution in [1.29, 1.82) is 0 Å². The Hall–Kier alpha value is -1.33. The predicted molar refractivity (Wildman–Crippen MR) is 86.1 cm³/mol. The van der Waals surface area contributed by atoms with Gasteiger partial charge >= 0.3 is 0 Å². The fraction of sp³-hybridized carbons (Fsp3) is 0.533. The number of imidazole rings is 1. The second kappa shape index (κ2) is 6.62. The molecule has 0 fully saturated rings. The molecule has 0 spiro atoms. The van der Waals surface area contributed by atoms with Crippen LogP contribution >= 0.6 is 11.6 Å². The summed E-state index contributed by atoms with van der Waals surface area (Å²) in [4.78, 5) is 6.54.